The summed E-state index contributed by atoms with van der Waals surface area (Å²) in [6.45, 7) is -1.89. The van der Waals surface area contributed by atoms with E-state index in [-0.39, 0.29) is 25.7 Å². The van der Waals surface area contributed by atoms with Crippen LogP contribution in [0.25, 0.3) is 0 Å². The Hall–Kier alpha value is -1.55. The molecule has 154 valence electrons. The zero-order chi connectivity index (χ0) is 20.4. The van der Waals surface area contributed by atoms with E-state index in [9.17, 15) is 40.5 Å². The number of carbonyl (C=O) groups is 1. The van der Waals surface area contributed by atoms with E-state index in [1.807, 2.05) is 0 Å². The quantitative estimate of drug-likeness (QED) is 0.231. The summed E-state index contributed by atoms with van der Waals surface area (Å²) in [5, 5.41) is 67.6. The average Bonchev–Trinajstić information content (AvgIpc) is 2.66. The molecule has 7 N–H and O–H groups in total. The van der Waals surface area contributed by atoms with Crippen LogP contribution in [0.4, 0.5) is 0 Å². The predicted octanol–water partition coefficient (Wildman–Crippen LogP) is -0.854. The zero-order valence-electron chi connectivity index (χ0n) is 15.2. The molecule has 1 aromatic rings. The second-order valence-electron chi connectivity index (χ2n) is 7.00. The molecule has 0 saturated carbocycles. The molecule has 0 aliphatic heterocycles. The summed E-state index contributed by atoms with van der Waals surface area (Å²) in [7, 11) is 0. The van der Waals surface area contributed by atoms with Crippen LogP contribution in [0.2, 0.25) is 0 Å². The van der Waals surface area contributed by atoms with E-state index >= 15 is 0 Å². The van der Waals surface area contributed by atoms with Crippen molar-refractivity contribution in [2.75, 3.05) is 19.8 Å². The van der Waals surface area contributed by atoms with Gasteiger partial charge in [0.05, 0.1) is 43.5 Å². The van der Waals surface area contributed by atoms with E-state index in [1.165, 1.54) is 0 Å². The van der Waals surface area contributed by atoms with Gasteiger partial charge in [-0.25, -0.2) is 0 Å². The van der Waals surface area contributed by atoms with Crippen molar-refractivity contribution < 1.29 is 40.5 Å². The molecule has 0 amide bonds. The topological polar surface area (TPSA) is 159 Å². The highest BCUT2D eigenvalue weighted by Gasteiger charge is 2.48. The SMILES string of the molecule is O=C(O)C(CC(O)CO)(CC(O)CO)C(Cc1ccccc1)CC(O)CO. The maximum absolute atomic E-state index is 12.3. The summed E-state index contributed by atoms with van der Waals surface area (Å²) >= 11 is 0. The third-order valence-corrected chi connectivity index (χ3v) is 4.92. The van der Waals surface area contributed by atoms with Gasteiger partial charge in [-0.15, -0.1) is 0 Å². The van der Waals surface area contributed by atoms with Gasteiger partial charge in [0.25, 0.3) is 0 Å². The first kappa shape index (κ1) is 23.5. The molecule has 0 radical (unpaired) electrons. The van der Waals surface area contributed by atoms with Crippen LogP contribution in [0.3, 0.4) is 0 Å². The van der Waals surface area contributed by atoms with E-state index in [4.69, 9.17) is 0 Å². The Morgan fingerprint density at radius 3 is 1.74 bits per heavy atom. The predicted molar refractivity (Wildman–Crippen MR) is 96.8 cm³/mol. The normalized spacial score (nSPS) is 18.3. The number of benzene rings is 1. The monoisotopic (exact) mass is 386 g/mol. The highest BCUT2D eigenvalue weighted by Crippen LogP contribution is 2.43. The molecule has 1 rings (SSSR count). The van der Waals surface area contributed by atoms with Crippen LogP contribution in [0.1, 0.15) is 24.8 Å². The molecule has 0 bridgehead atoms. The summed E-state index contributed by atoms with van der Waals surface area (Å²) in [5.74, 6) is -2.09. The second-order valence-corrected chi connectivity index (χ2v) is 7.00. The van der Waals surface area contributed by atoms with Crippen molar-refractivity contribution in [3.63, 3.8) is 0 Å². The lowest BCUT2D eigenvalue weighted by atomic mass is 9.64. The number of carboxylic acids is 1. The van der Waals surface area contributed by atoms with Gasteiger partial charge >= 0.3 is 5.97 Å². The third-order valence-electron chi connectivity index (χ3n) is 4.92. The Kier molecular flexibility index (Phi) is 9.86. The van der Waals surface area contributed by atoms with Crippen molar-refractivity contribution in [1.82, 2.24) is 0 Å². The van der Waals surface area contributed by atoms with E-state index < -0.39 is 55.4 Å². The van der Waals surface area contributed by atoms with Crippen LogP contribution >= 0.6 is 0 Å². The minimum absolute atomic E-state index is 0.0893. The molecule has 0 fully saturated rings. The molecule has 0 saturated heterocycles. The third kappa shape index (κ3) is 6.84. The van der Waals surface area contributed by atoms with Gasteiger partial charge in [-0.2, -0.15) is 0 Å². The maximum Gasteiger partial charge on any atom is 0.310 e. The molecule has 0 aliphatic carbocycles. The largest absolute Gasteiger partial charge is 0.481 e. The minimum Gasteiger partial charge on any atom is -0.481 e. The summed E-state index contributed by atoms with van der Waals surface area (Å²) < 4.78 is 0. The van der Waals surface area contributed by atoms with Gasteiger partial charge in [0.2, 0.25) is 0 Å². The van der Waals surface area contributed by atoms with Crippen LogP contribution in [0.5, 0.6) is 0 Å². The van der Waals surface area contributed by atoms with E-state index in [1.54, 1.807) is 30.3 Å². The van der Waals surface area contributed by atoms with Gasteiger partial charge in [-0.05, 0) is 37.2 Å². The number of aliphatic hydroxyl groups excluding tert-OH is 6. The highest BCUT2D eigenvalue weighted by molar-refractivity contribution is 5.75. The lowest BCUT2D eigenvalue weighted by Gasteiger charge is -2.40. The highest BCUT2D eigenvalue weighted by atomic mass is 16.4. The molecule has 4 atom stereocenters. The summed E-state index contributed by atoms with van der Waals surface area (Å²) in [6.07, 6.45) is -4.51. The molecule has 0 spiro atoms. The van der Waals surface area contributed by atoms with Crippen LogP contribution in [0.15, 0.2) is 30.3 Å². The maximum atomic E-state index is 12.3. The fourth-order valence-electron chi connectivity index (χ4n) is 3.54. The van der Waals surface area contributed by atoms with Crippen molar-refractivity contribution in [2.45, 2.75) is 44.0 Å². The number of carboxylic acid groups (broad SMARTS) is 1. The second kappa shape index (κ2) is 11.3. The van der Waals surface area contributed by atoms with Crippen molar-refractivity contribution in [3.8, 4) is 0 Å². The fraction of sp³-hybridized carbons (Fsp3) is 0.632. The molecule has 0 aliphatic rings. The standard InChI is InChI=1S/C19H30O8/c20-10-15(23)7-14(6-13-4-2-1-3-5-13)19(18(26)27,8-16(24)11-21)9-17(25)12-22/h1-5,14-17,20-25H,6-12H2,(H,26,27). The van der Waals surface area contributed by atoms with Gasteiger partial charge in [0.15, 0.2) is 0 Å². The van der Waals surface area contributed by atoms with Crippen molar-refractivity contribution in [2.24, 2.45) is 11.3 Å². The molecular formula is C19H30O8. The lowest BCUT2D eigenvalue weighted by Crippen LogP contribution is -2.47. The Balaban J connectivity index is 3.36. The van der Waals surface area contributed by atoms with E-state index in [0.29, 0.717) is 0 Å². The Morgan fingerprint density at radius 2 is 1.33 bits per heavy atom. The first-order chi connectivity index (χ1) is 12.8. The number of aliphatic hydroxyl groups is 6. The van der Waals surface area contributed by atoms with Crippen LogP contribution < -0.4 is 0 Å². The van der Waals surface area contributed by atoms with Gasteiger partial charge < -0.3 is 35.7 Å². The Bertz CT molecular complexity index is 538. The number of rotatable bonds is 13. The zero-order valence-corrected chi connectivity index (χ0v) is 15.2. The minimum atomic E-state index is -1.73. The van der Waals surface area contributed by atoms with Gasteiger partial charge in [-0.3, -0.25) is 4.79 Å². The van der Waals surface area contributed by atoms with Gasteiger partial charge in [-0.1, -0.05) is 30.3 Å². The number of aliphatic carboxylic acids is 1. The van der Waals surface area contributed by atoms with Crippen molar-refractivity contribution in [3.05, 3.63) is 35.9 Å². The molecular weight excluding hydrogens is 356 g/mol. The van der Waals surface area contributed by atoms with Crippen molar-refractivity contribution in [1.29, 1.82) is 0 Å². The molecule has 27 heavy (non-hydrogen) atoms. The Morgan fingerprint density at radius 1 is 0.852 bits per heavy atom. The first-order valence-corrected chi connectivity index (χ1v) is 8.93. The fourth-order valence-corrected chi connectivity index (χ4v) is 3.54. The van der Waals surface area contributed by atoms with Crippen LogP contribution in [-0.2, 0) is 11.2 Å². The van der Waals surface area contributed by atoms with Crippen LogP contribution in [-0.4, -0.2) is 79.8 Å². The first-order valence-electron chi connectivity index (χ1n) is 8.93. The molecule has 1 aromatic carbocycles. The summed E-state index contributed by atoms with van der Waals surface area (Å²) in [4.78, 5) is 12.3. The number of hydrogen-bond donors (Lipinski definition) is 7. The molecule has 8 nitrogen and oxygen atoms in total. The molecule has 8 heteroatoms. The Labute approximate surface area is 158 Å². The van der Waals surface area contributed by atoms with Gasteiger partial charge in [0.1, 0.15) is 0 Å². The van der Waals surface area contributed by atoms with E-state index in [0.717, 1.165) is 5.56 Å². The van der Waals surface area contributed by atoms with Gasteiger partial charge in [0, 0.05) is 0 Å². The molecule has 0 heterocycles. The van der Waals surface area contributed by atoms with Crippen LogP contribution in [0, 0.1) is 11.3 Å². The summed E-state index contributed by atoms with van der Waals surface area (Å²) in [6, 6.07) is 8.94. The van der Waals surface area contributed by atoms with Crippen molar-refractivity contribution >= 4 is 5.97 Å². The average molecular weight is 386 g/mol. The molecule has 4 unspecified atom stereocenters. The molecule has 0 aromatic heterocycles. The lowest BCUT2D eigenvalue weighted by molar-refractivity contribution is -0.161. The van der Waals surface area contributed by atoms with E-state index in [2.05, 4.69) is 0 Å². The number of hydrogen-bond acceptors (Lipinski definition) is 7. The summed E-state index contributed by atoms with van der Waals surface area (Å²) in [5.41, 5.74) is -0.939. The smallest absolute Gasteiger partial charge is 0.310 e.